The van der Waals surface area contributed by atoms with Gasteiger partial charge in [-0.1, -0.05) is 49.3 Å². The molecule has 0 radical (unpaired) electrons. The van der Waals surface area contributed by atoms with Crippen LogP contribution in [0.15, 0.2) is 69.8 Å². The average Bonchev–Trinajstić information content (AvgIpc) is 4.22. The van der Waals surface area contributed by atoms with E-state index in [2.05, 4.69) is 24.6 Å². The van der Waals surface area contributed by atoms with Crippen molar-refractivity contribution >= 4 is 83.2 Å². The largest absolute Gasteiger partial charge is 0.469 e. The molecule has 1 aromatic carbocycles. The first-order valence-electron chi connectivity index (χ1n) is 28.7. The van der Waals surface area contributed by atoms with Gasteiger partial charge < -0.3 is 47.4 Å². The van der Waals surface area contributed by atoms with E-state index in [1.54, 1.807) is 6.07 Å². The molecule has 4 fully saturated rings. The summed E-state index contributed by atoms with van der Waals surface area (Å²) < 4.78 is 52.9. The lowest BCUT2D eigenvalue weighted by Gasteiger charge is -2.30. The van der Waals surface area contributed by atoms with Crippen LogP contribution < -0.4 is 4.74 Å². The molecule has 0 saturated heterocycles. The third kappa shape index (κ3) is 21.9. The first-order valence-corrected chi connectivity index (χ1v) is 30.3. The topological polar surface area (TPSA) is 267 Å². The molecule has 0 unspecified atom stereocenters. The summed E-state index contributed by atoms with van der Waals surface area (Å²) in [4.78, 5) is 126. The standard InChI is InChI=1S/C38H43NO12S2.C23H34O8/c1-5-29(40)46-19-7-8-20-48-34(42)24-10-12-25(13-11-24)35(43)50-27-16-14-26(15-17-27)36(44)51-28-18-9-23(3)32-33(28)53-38(52-32)31(39-4)37(45)49-22-21-47-30(41)6-2;1-3-20(24)29-14-4-5-15-30-22(26)17-6-8-18(9-7-17)23(27)31-19-12-10-16(11-13-19)21(25)28-2/h5-6,9,18,24-27H,1-2,7-8,10-17,19-22H2,3H3;3,16-19H,1,4-15H2,2H3/b38-31+;. The molecule has 1 aliphatic heterocycles. The molecule has 5 aliphatic rings. The SMILES string of the molecule is C=CC(=O)OCCCCOC(=O)C1CCC(C(=O)OC2CCC(C(=O)OC)CC2)CC1.[C-]#[N+]/C(C(=O)OCCOC(=O)C=C)=C1\Sc2c(C)ccc(OC(=O)C3CCC(OC(=O)C4CCC(C(=O)OCCCCOC(=O)C=C)CC4)CC3)c2S1. The average molecular weight is 1210 g/mol. The van der Waals surface area contributed by atoms with Crippen LogP contribution in [-0.2, 0) is 90.6 Å². The van der Waals surface area contributed by atoms with Crippen LogP contribution in [0, 0.1) is 49.0 Å². The molecule has 84 heavy (non-hydrogen) atoms. The molecule has 0 atom stereocenters. The van der Waals surface area contributed by atoms with Gasteiger partial charge in [-0.2, -0.15) is 0 Å². The molecule has 458 valence electrons. The van der Waals surface area contributed by atoms with Gasteiger partial charge in [0.2, 0.25) is 0 Å². The maximum absolute atomic E-state index is 13.3. The summed E-state index contributed by atoms with van der Waals surface area (Å²) in [5.74, 6) is -5.05. The fraction of sp³-hybridized carbons (Fsp3) is 0.590. The Bertz CT molecular complexity index is 2590. The molecule has 0 N–H and O–H groups in total. The number of hydrogen-bond donors (Lipinski definition) is 0. The third-order valence-corrected chi connectivity index (χ3v) is 17.8. The van der Waals surface area contributed by atoms with E-state index in [1.165, 1.54) is 18.9 Å². The highest BCUT2D eigenvalue weighted by molar-refractivity contribution is 8.24. The lowest BCUT2D eigenvalue weighted by Crippen LogP contribution is -2.33. The number of thioether (sulfide) groups is 2. The second-order valence-electron chi connectivity index (χ2n) is 20.9. The van der Waals surface area contributed by atoms with E-state index in [0.717, 1.165) is 40.4 Å². The van der Waals surface area contributed by atoms with Crippen LogP contribution in [0.1, 0.15) is 134 Å². The maximum Gasteiger partial charge on any atom is 0.338 e. The zero-order chi connectivity index (χ0) is 61.0. The van der Waals surface area contributed by atoms with Crippen LogP contribution in [0.25, 0.3) is 4.85 Å². The first-order chi connectivity index (χ1) is 40.5. The Balaban J connectivity index is 0.000000353. The Morgan fingerprint density at radius 2 is 0.833 bits per heavy atom. The molecular formula is C61H77NO20S2. The van der Waals surface area contributed by atoms with E-state index in [9.17, 15) is 47.9 Å². The summed E-state index contributed by atoms with van der Waals surface area (Å²) in [5.41, 5.74) is 0.662. The van der Waals surface area contributed by atoms with E-state index in [4.69, 9.17) is 53.9 Å². The minimum Gasteiger partial charge on any atom is -0.469 e. The van der Waals surface area contributed by atoms with Crippen LogP contribution in [0.4, 0.5) is 0 Å². The van der Waals surface area contributed by atoms with Gasteiger partial charge in [-0.25, -0.2) is 19.2 Å². The van der Waals surface area contributed by atoms with Gasteiger partial charge in [-0.3, -0.25) is 33.6 Å². The smallest absolute Gasteiger partial charge is 0.338 e. The van der Waals surface area contributed by atoms with E-state index in [0.29, 0.717) is 150 Å². The molecule has 23 heteroatoms. The Hall–Kier alpha value is -6.93. The molecule has 6 rings (SSSR count). The number of carbonyl (C=O) groups excluding carboxylic acids is 10. The van der Waals surface area contributed by atoms with Gasteiger partial charge in [0.15, 0.2) is 0 Å². The monoisotopic (exact) mass is 1210 g/mol. The lowest BCUT2D eigenvalue weighted by atomic mass is 9.82. The van der Waals surface area contributed by atoms with Crippen LogP contribution in [0.5, 0.6) is 5.75 Å². The number of unbranched alkanes of at least 4 members (excludes halogenated alkanes) is 2. The van der Waals surface area contributed by atoms with Crippen molar-refractivity contribution in [3.63, 3.8) is 0 Å². The molecule has 1 aromatic rings. The molecule has 4 aliphatic carbocycles. The number of carbonyl (C=O) groups is 10. The van der Waals surface area contributed by atoms with E-state index < -0.39 is 29.8 Å². The summed E-state index contributed by atoms with van der Waals surface area (Å²) in [5, 5.41) is 0. The van der Waals surface area contributed by atoms with Crippen molar-refractivity contribution in [2.45, 2.75) is 157 Å². The Kier molecular flexibility index (Phi) is 29.1. The summed E-state index contributed by atoms with van der Waals surface area (Å²) >= 11 is 2.38. The van der Waals surface area contributed by atoms with Crippen LogP contribution in [0.2, 0.25) is 0 Å². The van der Waals surface area contributed by atoms with Crippen molar-refractivity contribution in [3.05, 3.63) is 77.0 Å². The highest BCUT2D eigenvalue weighted by Crippen LogP contribution is 2.57. The van der Waals surface area contributed by atoms with E-state index in [1.807, 2.05) is 13.0 Å². The highest BCUT2D eigenvalue weighted by Gasteiger charge is 2.38. The molecule has 0 aromatic heterocycles. The number of rotatable bonds is 26. The number of ether oxygens (including phenoxy) is 10. The maximum atomic E-state index is 13.3. The summed E-state index contributed by atoms with van der Waals surface area (Å²) in [7, 11) is 1.39. The van der Waals surface area contributed by atoms with Gasteiger partial charge in [0, 0.05) is 23.1 Å². The Morgan fingerprint density at radius 1 is 0.476 bits per heavy atom. The molecule has 4 saturated carbocycles. The van der Waals surface area contributed by atoms with Gasteiger partial charge in [0.25, 0.3) is 5.70 Å². The molecule has 0 bridgehead atoms. The van der Waals surface area contributed by atoms with Gasteiger partial charge in [0.1, 0.15) is 31.2 Å². The quantitative estimate of drug-likeness (QED) is 0.0208. The number of esters is 10. The fourth-order valence-electron chi connectivity index (χ4n) is 10.1. The van der Waals surface area contributed by atoms with Crippen molar-refractivity contribution < 1.29 is 95.3 Å². The zero-order valence-corrected chi connectivity index (χ0v) is 49.6. The highest BCUT2D eigenvalue weighted by atomic mass is 32.2. The van der Waals surface area contributed by atoms with Gasteiger partial charge >= 0.3 is 59.7 Å². The predicted octanol–water partition coefficient (Wildman–Crippen LogP) is 9.54. The van der Waals surface area contributed by atoms with Crippen LogP contribution >= 0.6 is 23.5 Å². The van der Waals surface area contributed by atoms with E-state index >= 15 is 0 Å². The Morgan fingerprint density at radius 3 is 1.25 bits per heavy atom. The van der Waals surface area contributed by atoms with Crippen LogP contribution in [-0.4, -0.2) is 119 Å². The lowest BCUT2D eigenvalue weighted by molar-refractivity contribution is -0.161. The number of methoxy groups -OCH3 is 1. The van der Waals surface area contributed by atoms with E-state index in [-0.39, 0.29) is 116 Å². The first kappa shape index (κ1) is 67.9. The molecule has 21 nitrogen and oxygen atoms in total. The molecule has 1 heterocycles. The van der Waals surface area contributed by atoms with Crippen molar-refractivity contribution in [3.8, 4) is 5.75 Å². The zero-order valence-electron chi connectivity index (χ0n) is 47.9. The second-order valence-corrected chi connectivity index (χ2v) is 23.2. The predicted molar refractivity (Wildman–Crippen MR) is 304 cm³/mol. The molecular weight excluding hydrogens is 1130 g/mol. The normalized spacial score (nSPS) is 23.0. The molecule has 0 spiro atoms. The number of hydrogen-bond acceptors (Lipinski definition) is 22. The van der Waals surface area contributed by atoms with Crippen molar-refractivity contribution in [1.82, 2.24) is 0 Å². The fourth-order valence-corrected chi connectivity index (χ4v) is 12.7. The number of nitrogens with zero attached hydrogens (tertiary/aromatic N) is 1. The van der Waals surface area contributed by atoms with Crippen LogP contribution in [0.3, 0.4) is 0 Å². The third-order valence-electron chi connectivity index (χ3n) is 15.1. The summed E-state index contributed by atoms with van der Waals surface area (Å²) in [6, 6.07) is 3.50. The van der Waals surface area contributed by atoms with Gasteiger partial charge in [-0.05, 0) is 147 Å². The number of benzene rings is 1. The number of fused-ring (bicyclic) bond motifs is 1. The van der Waals surface area contributed by atoms with Crippen molar-refractivity contribution in [1.29, 1.82) is 0 Å². The Labute approximate surface area is 498 Å². The summed E-state index contributed by atoms with van der Waals surface area (Å²) in [6.45, 7) is 20.1. The summed E-state index contributed by atoms with van der Waals surface area (Å²) in [6.07, 6.45) is 14.5. The van der Waals surface area contributed by atoms with Crippen molar-refractivity contribution in [2.24, 2.45) is 35.5 Å². The van der Waals surface area contributed by atoms with Gasteiger partial charge in [-0.15, -0.1) is 0 Å². The number of aryl methyl sites for hydroxylation is 1. The minimum absolute atomic E-state index is 0.0939. The minimum atomic E-state index is -0.853. The molecule has 0 amide bonds. The second kappa shape index (κ2) is 36.0. The van der Waals surface area contributed by atoms with Crippen molar-refractivity contribution in [2.75, 3.05) is 46.8 Å². The van der Waals surface area contributed by atoms with Gasteiger partial charge in [0.05, 0.1) is 84.7 Å².